The molecule has 0 bridgehead atoms. The van der Waals surface area contributed by atoms with Crippen LogP contribution >= 0.6 is 23.2 Å². The number of hydrogen-bond acceptors (Lipinski definition) is 6. The maximum Gasteiger partial charge on any atom is 0.201 e. The molecule has 1 unspecified atom stereocenters. The van der Waals surface area contributed by atoms with E-state index in [0.29, 0.717) is 15.6 Å². The first-order chi connectivity index (χ1) is 14.9. The van der Waals surface area contributed by atoms with Gasteiger partial charge in [0, 0.05) is 30.4 Å². The number of pyridine rings is 1. The fourth-order valence-electron chi connectivity index (χ4n) is 3.23. The van der Waals surface area contributed by atoms with Gasteiger partial charge in [-0.15, -0.1) is 0 Å². The van der Waals surface area contributed by atoms with Crippen LogP contribution in [0.4, 0.5) is 0 Å². The molecule has 1 heterocycles. The number of nitrogens with two attached hydrogens (primary N) is 1. The van der Waals surface area contributed by atoms with E-state index in [0.717, 1.165) is 19.3 Å². The summed E-state index contributed by atoms with van der Waals surface area (Å²) in [5.74, 6) is -0.293. The number of nitrogens with zero attached hydrogens (tertiary/aromatic N) is 1. The fraction of sp³-hybridized carbons (Fsp3) is 0.478. The number of hydrogen-bond donors (Lipinski definition) is 2. The summed E-state index contributed by atoms with van der Waals surface area (Å²) in [6.45, 7) is 2.35. The van der Waals surface area contributed by atoms with Crippen molar-refractivity contribution >= 4 is 29.0 Å². The number of carbonyl (C=O) groups excluding carboxylic acids is 1. The predicted molar refractivity (Wildman–Crippen MR) is 124 cm³/mol. The number of aromatic hydroxyl groups is 1. The van der Waals surface area contributed by atoms with Crippen LogP contribution in [0.2, 0.25) is 10.0 Å². The molecule has 170 valence electrons. The molecule has 31 heavy (non-hydrogen) atoms. The standard InChI is InChI=1S/C23H30Cl2N2O4/c1-3-4-5-6-7-8-15(26)14-31-23-16(9-10-21(30-2)22(23)29)20(28)11-17-18(24)12-27-13-19(17)25/h9-10,12-13,15,29H,3-8,11,14,26H2,1-2H3. The molecule has 2 rings (SSSR count). The number of carbonyl (C=O) groups is 1. The van der Waals surface area contributed by atoms with Gasteiger partial charge >= 0.3 is 0 Å². The summed E-state index contributed by atoms with van der Waals surface area (Å²) in [7, 11) is 1.43. The summed E-state index contributed by atoms with van der Waals surface area (Å²) < 4.78 is 11.0. The number of Topliss-reactive ketones (excluding diaryl/α,β-unsaturated/α-hetero) is 1. The highest BCUT2D eigenvalue weighted by Gasteiger charge is 2.22. The first kappa shape index (κ1) is 25.2. The quantitative estimate of drug-likeness (QED) is 0.293. The first-order valence-electron chi connectivity index (χ1n) is 10.5. The van der Waals surface area contributed by atoms with E-state index in [4.69, 9.17) is 38.4 Å². The minimum atomic E-state index is -0.309. The third-order valence-corrected chi connectivity index (χ3v) is 5.68. The minimum absolute atomic E-state index is 0.0482. The van der Waals surface area contributed by atoms with E-state index < -0.39 is 0 Å². The van der Waals surface area contributed by atoms with Crippen molar-refractivity contribution in [3.8, 4) is 17.2 Å². The van der Waals surface area contributed by atoms with Crippen LogP contribution in [0.1, 0.15) is 61.4 Å². The van der Waals surface area contributed by atoms with Gasteiger partial charge in [-0.1, -0.05) is 62.2 Å². The van der Waals surface area contributed by atoms with E-state index >= 15 is 0 Å². The maximum atomic E-state index is 13.0. The lowest BCUT2D eigenvalue weighted by atomic mass is 10.0. The second-order valence-corrected chi connectivity index (χ2v) is 8.26. The van der Waals surface area contributed by atoms with Gasteiger partial charge in [-0.2, -0.15) is 0 Å². The predicted octanol–water partition coefficient (Wildman–Crippen LogP) is 5.59. The SMILES string of the molecule is CCCCCCCC(N)COc1c(C(=O)Cc2c(Cl)cncc2Cl)ccc(OC)c1O. The molecule has 1 atom stereocenters. The van der Waals surface area contributed by atoms with Crippen LogP contribution in [0, 0.1) is 0 Å². The van der Waals surface area contributed by atoms with Crippen LogP contribution in [0.15, 0.2) is 24.5 Å². The lowest BCUT2D eigenvalue weighted by Crippen LogP contribution is -2.28. The van der Waals surface area contributed by atoms with Crippen molar-refractivity contribution in [3.05, 3.63) is 45.7 Å². The molecule has 8 heteroatoms. The molecule has 0 aliphatic rings. The van der Waals surface area contributed by atoms with Crippen LogP contribution in [0.3, 0.4) is 0 Å². The lowest BCUT2D eigenvalue weighted by molar-refractivity contribution is 0.0987. The van der Waals surface area contributed by atoms with E-state index in [1.165, 1.54) is 44.8 Å². The number of ether oxygens (including phenoxy) is 2. The van der Waals surface area contributed by atoms with Crippen LogP contribution in [0.5, 0.6) is 17.2 Å². The molecule has 6 nitrogen and oxygen atoms in total. The number of rotatable bonds is 13. The summed E-state index contributed by atoms with van der Waals surface area (Å²) in [5.41, 5.74) is 6.85. The Morgan fingerprint density at radius 2 is 1.84 bits per heavy atom. The molecule has 0 saturated carbocycles. The highest BCUT2D eigenvalue weighted by Crippen LogP contribution is 2.40. The molecule has 0 saturated heterocycles. The van der Waals surface area contributed by atoms with E-state index in [-0.39, 0.29) is 47.7 Å². The van der Waals surface area contributed by atoms with Gasteiger partial charge in [-0.3, -0.25) is 9.78 Å². The summed E-state index contributed by atoms with van der Waals surface area (Å²) >= 11 is 12.3. The van der Waals surface area contributed by atoms with Gasteiger partial charge in [-0.25, -0.2) is 0 Å². The smallest absolute Gasteiger partial charge is 0.201 e. The molecule has 3 N–H and O–H groups in total. The third-order valence-electron chi connectivity index (χ3n) is 5.02. The second-order valence-electron chi connectivity index (χ2n) is 7.45. The van der Waals surface area contributed by atoms with E-state index in [1.807, 2.05) is 0 Å². The first-order valence-corrected chi connectivity index (χ1v) is 11.2. The average Bonchev–Trinajstić information content (AvgIpc) is 2.75. The molecule has 0 aliphatic heterocycles. The number of aromatic nitrogens is 1. The second kappa shape index (κ2) is 12.7. The molecule has 1 aromatic heterocycles. The Labute approximate surface area is 193 Å². The van der Waals surface area contributed by atoms with Gasteiger partial charge in [0.25, 0.3) is 0 Å². The van der Waals surface area contributed by atoms with Crippen molar-refractivity contribution in [2.24, 2.45) is 5.73 Å². The molecule has 0 fully saturated rings. The van der Waals surface area contributed by atoms with Crippen molar-refractivity contribution in [1.29, 1.82) is 0 Å². The molecule has 0 radical (unpaired) electrons. The number of ketones is 1. The van der Waals surface area contributed by atoms with Crippen molar-refractivity contribution in [1.82, 2.24) is 4.98 Å². The number of halogens is 2. The van der Waals surface area contributed by atoms with Crippen molar-refractivity contribution in [3.63, 3.8) is 0 Å². The van der Waals surface area contributed by atoms with Crippen LogP contribution in [-0.4, -0.2) is 35.6 Å². The van der Waals surface area contributed by atoms with Crippen molar-refractivity contribution in [2.75, 3.05) is 13.7 Å². The van der Waals surface area contributed by atoms with Gasteiger partial charge < -0.3 is 20.3 Å². The molecule has 0 amide bonds. The van der Waals surface area contributed by atoms with Crippen molar-refractivity contribution < 1.29 is 19.4 Å². The van der Waals surface area contributed by atoms with Gasteiger partial charge in [0.15, 0.2) is 17.3 Å². The molecular formula is C23H30Cl2N2O4. The van der Waals surface area contributed by atoms with Gasteiger partial charge in [0.05, 0.1) is 22.7 Å². The Morgan fingerprint density at radius 3 is 2.48 bits per heavy atom. The Bertz CT molecular complexity index is 857. The lowest BCUT2D eigenvalue weighted by Gasteiger charge is -2.18. The maximum absolute atomic E-state index is 13.0. The monoisotopic (exact) mass is 468 g/mol. The topological polar surface area (TPSA) is 94.7 Å². The van der Waals surface area contributed by atoms with Crippen LogP contribution in [0.25, 0.3) is 0 Å². The molecular weight excluding hydrogens is 439 g/mol. The summed E-state index contributed by atoms with van der Waals surface area (Å²) in [4.78, 5) is 16.9. The summed E-state index contributed by atoms with van der Waals surface area (Å²) in [6, 6.07) is 2.85. The van der Waals surface area contributed by atoms with Gasteiger partial charge in [-0.05, 0) is 18.6 Å². The van der Waals surface area contributed by atoms with E-state index in [9.17, 15) is 9.90 Å². The zero-order chi connectivity index (χ0) is 22.8. The van der Waals surface area contributed by atoms with Gasteiger partial charge in [0.2, 0.25) is 5.75 Å². The summed E-state index contributed by atoms with van der Waals surface area (Å²) in [5, 5.41) is 11.2. The van der Waals surface area contributed by atoms with Gasteiger partial charge in [0.1, 0.15) is 6.61 Å². The number of phenolic OH excluding ortho intramolecular Hbond substituents is 1. The van der Waals surface area contributed by atoms with Crippen LogP contribution < -0.4 is 15.2 Å². The van der Waals surface area contributed by atoms with Crippen LogP contribution in [-0.2, 0) is 6.42 Å². The number of benzene rings is 1. The number of unbranched alkanes of at least 4 members (excludes halogenated alkanes) is 4. The Morgan fingerprint density at radius 1 is 1.16 bits per heavy atom. The summed E-state index contributed by atoms with van der Waals surface area (Å²) in [6.07, 6.45) is 9.35. The highest BCUT2D eigenvalue weighted by atomic mass is 35.5. The molecule has 0 aliphatic carbocycles. The highest BCUT2D eigenvalue weighted by molar-refractivity contribution is 6.36. The molecule has 0 spiro atoms. The molecule has 2 aromatic rings. The molecule has 1 aromatic carbocycles. The number of phenols is 1. The average molecular weight is 469 g/mol. The largest absolute Gasteiger partial charge is 0.502 e. The van der Waals surface area contributed by atoms with E-state index in [2.05, 4.69) is 11.9 Å². The Hall–Kier alpha value is -2.02. The zero-order valence-corrected chi connectivity index (χ0v) is 19.5. The fourth-order valence-corrected chi connectivity index (χ4v) is 3.73. The third kappa shape index (κ3) is 7.27. The zero-order valence-electron chi connectivity index (χ0n) is 18.0. The normalized spacial score (nSPS) is 11.9. The Kier molecular flexibility index (Phi) is 10.4. The van der Waals surface area contributed by atoms with Crippen molar-refractivity contribution in [2.45, 2.75) is 57.9 Å². The number of methoxy groups -OCH3 is 1. The van der Waals surface area contributed by atoms with E-state index in [1.54, 1.807) is 6.07 Å². The Balaban J connectivity index is 2.13. The minimum Gasteiger partial charge on any atom is -0.502 e.